The maximum absolute atomic E-state index is 11.3. The van der Waals surface area contributed by atoms with Crippen LogP contribution in [0.1, 0.15) is 45.4 Å². The first-order valence-electron chi connectivity index (χ1n) is 7.12. The van der Waals surface area contributed by atoms with Gasteiger partial charge in [-0.1, -0.05) is 19.8 Å². The number of nitrogens with zero attached hydrogens (tertiary/aromatic N) is 1. The zero-order valence-electron chi connectivity index (χ0n) is 11.5. The van der Waals surface area contributed by atoms with Crippen LogP contribution in [0.25, 0.3) is 0 Å². The average Bonchev–Trinajstić information content (AvgIpc) is 2.37. The number of aryl methyl sites for hydroxylation is 1. The third kappa shape index (κ3) is 3.37. The lowest BCUT2D eigenvalue weighted by Crippen LogP contribution is -2.27. The van der Waals surface area contributed by atoms with Gasteiger partial charge < -0.3 is 9.88 Å². The minimum absolute atomic E-state index is 0.0483. The first-order valence-corrected chi connectivity index (χ1v) is 7.12. The van der Waals surface area contributed by atoms with Crippen molar-refractivity contribution in [3.05, 3.63) is 28.7 Å². The molecular formula is C15H24N2O. The molecule has 0 radical (unpaired) electrons. The summed E-state index contributed by atoms with van der Waals surface area (Å²) in [6.45, 7) is 2.27. The molecule has 0 atom stereocenters. The minimum Gasteiger partial charge on any atom is -0.381 e. The molecule has 18 heavy (non-hydrogen) atoms. The Bertz CT molecular complexity index is 430. The number of anilines is 1. The van der Waals surface area contributed by atoms with Crippen LogP contribution in [0.3, 0.4) is 0 Å². The summed E-state index contributed by atoms with van der Waals surface area (Å²) in [5, 5.41) is 3.55. The molecule has 1 aromatic heterocycles. The van der Waals surface area contributed by atoms with Gasteiger partial charge in [0.05, 0.1) is 5.69 Å². The van der Waals surface area contributed by atoms with Crippen molar-refractivity contribution in [2.75, 3.05) is 5.32 Å². The van der Waals surface area contributed by atoms with Crippen LogP contribution in [0.2, 0.25) is 0 Å². The van der Waals surface area contributed by atoms with E-state index in [1.54, 1.807) is 17.7 Å². The lowest BCUT2D eigenvalue weighted by atomic mass is 9.83. The average molecular weight is 248 g/mol. The molecule has 0 amide bonds. The van der Waals surface area contributed by atoms with Crippen molar-refractivity contribution in [3.63, 3.8) is 0 Å². The van der Waals surface area contributed by atoms with E-state index >= 15 is 0 Å². The van der Waals surface area contributed by atoms with Crippen molar-refractivity contribution >= 4 is 5.69 Å². The standard InChI is InChI=1S/C15H24N2O/c1-3-4-12-5-7-13(8-6-12)16-14-9-10-15(18)17(2)11-14/h9-13,16H,3-8H2,1-2H3. The van der Waals surface area contributed by atoms with E-state index in [0.29, 0.717) is 6.04 Å². The molecular weight excluding hydrogens is 224 g/mol. The first-order chi connectivity index (χ1) is 8.69. The molecule has 3 heteroatoms. The molecule has 0 unspecified atom stereocenters. The Morgan fingerprint density at radius 3 is 2.61 bits per heavy atom. The second-order valence-corrected chi connectivity index (χ2v) is 5.52. The van der Waals surface area contributed by atoms with Crippen molar-refractivity contribution in [1.82, 2.24) is 4.57 Å². The second-order valence-electron chi connectivity index (χ2n) is 5.52. The fraction of sp³-hybridized carbons (Fsp3) is 0.667. The highest BCUT2D eigenvalue weighted by Gasteiger charge is 2.20. The Hall–Kier alpha value is -1.25. The number of hydrogen-bond donors (Lipinski definition) is 1. The van der Waals surface area contributed by atoms with E-state index in [-0.39, 0.29) is 5.56 Å². The van der Waals surface area contributed by atoms with Gasteiger partial charge in [0.1, 0.15) is 0 Å². The van der Waals surface area contributed by atoms with Crippen LogP contribution in [-0.2, 0) is 7.05 Å². The number of aromatic nitrogens is 1. The highest BCUT2D eigenvalue weighted by molar-refractivity contribution is 5.41. The smallest absolute Gasteiger partial charge is 0.250 e. The monoisotopic (exact) mass is 248 g/mol. The molecule has 1 aliphatic rings. The molecule has 0 aromatic carbocycles. The van der Waals surface area contributed by atoms with Crippen LogP contribution >= 0.6 is 0 Å². The van der Waals surface area contributed by atoms with Gasteiger partial charge in [-0.15, -0.1) is 0 Å². The molecule has 0 aliphatic heterocycles. The summed E-state index contributed by atoms with van der Waals surface area (Å²) >= 11 is 0. The predicted molar refractivity (Wildman–Crippen MR) is 76.0 cm³/mol. The van der Waals surface area contributed by atoms with Gasteiger partial charge in [0, 0.05) is 25.4 Å². The molecule has 0 spiro atoms. The zero-order chi connectivity index (χ0) is 13.0. The van der Waals surface area contributed by atoms with Crippen molar-refractivity contribution < 1.29 is 0 Å². The summed E-state index contributed by atoms with van der Waals surface area (Å²) in [5.74, 6) is 0.938. The Kier molecular flexibility index (Phi) is 4.45. The molecule has 3 nitrogen and oxygen atoms in total. The van der Waals surface area contributed by atoms with Crippen LogP contribution in [0.5, 0.6) is 0 Å². The Morgan fingerprint density at radius 2 is 2.00 bits per heavy atom. The maximum atomic E-state index is 11.3. The number of nitrogens with one attached hydrogen (secondary N) is 1. The van der Waals surface area contributed by atoms with Crippen LogP contribution in [0, 0.1) is 5.92 Å². The van der Waals surface area contributed by atoms with E-state index in [0.717, 1.165) is 11.6 Å². The molecule has 0 saturated heterocycles. The SMILES string of the molecule is CCCC1CCC(Nc2ccc(=O)n(C)c2)CC1. The minimum atomic E-state index is 0.0483. The molecule has 1 N–H and O–H groups in total. The van der Waals surface area contributed by atoms with Crippen molar-refractivity contribution in [2.45, 2.75) is 51.5 Å². The Morgan fingerprint density at radius 1 is 1.28 bits per heavy atom. The van der Waals surface area contributed by atoms with Gasteiger partial charge in [-0.05, 0) is 37.7 Å². The highest BCUT2D eigenvalue weighted by Crippen LogP contribution is 2.29. The zero-order valence-corrected chi connectivity index (χ0v) is 11.5. The molecule has 1 heterocycles. The van der Waals surface area contributed by atoms with Crippen molar-refractivity contribution in [3.8, 4) is 0 Å². The summed E-state index contributed by atoms with van der Waals surface area (Å²) in [6.07, 6.45) is 9.78. The van der Waals surface area contributed by atoms with Gasteiger partial charge >= 0.3 is 0 Å². The predicted octanol–water partition coefficient (Wildman–Crippen LogP) is 3.16. The Labute approximate surface area is 109 Å². The van der Waals surface area contributed by atoms with Crippen LogP contribution in [0.15, 0.2) is 23.1 Å². The van der Waals surface area contributed by atoms with E-state index in [4.69, 9.17) is 0 Å². The summed E-state index contributed by atoms with van der Waals surface area (Å²) < 4.78 is 1.63. The van der Waals surface area contributed by atoms with E-state index in [1.165, 1.54) is 38.5 Å². The molecule has 1 aromatic rings. The third-order valence-corrected chi connectivity index (χ3v) is 4.00. The first kappa shape index (κ1) is 13.2. The largest absolute Gasteiger partial charge is 0.381 e. The molecule has 0 bridgehead atoms. The van der Waals surface area contributed by atoms with E-state index in [2.05, 4.69) is 12.2 Å². The lowest BCUT2D eigenvalue weighted by molar-refractivity contribution is 0.319. The fourth-order valence-electron chi connectivity index (χ4n) is 2.92. The van der Waals surface area contributed by atoms with Crippen molar-refractivity contribution in [1.29, 1.82) is 0 Å². The van der Waals surface area contributed by atoms with Crippen LogP contribution in [-0.4, -0.2) is 10.6 Å². The molecule has 1 fully saturated rings. The van der Waals surface area contributed by atoms with Gasteiger partial charge in [-0.25, -0.2) is 0 Å². The van der Waals surface area contributed by atoms with E-state index in [1.807, 2.05) is 12.3 Å². The molecule has 1 saturated carbocycles. The molecule has 1 aliphatic carbocycles. The van der Waals surface area contributed by atoms with Gasteiger partial charge in [0.25, 0.3) is 0 Å². The number of rotatable bonds is 4. The summed E-state index contributed by atoms with van der Waals surface area (Å²) in [6, 6.07) is 4.10. The van der Waals surface area contributed by atoms with Gasteiger partial charge in [0.2, 0.25) is 5.56 Å². The molecule has 2 rings (SSSR count). The third-order valence-electron chi connectivity index (χ3n) is 4.00. The lowest BCUT2D eigenvalue weighted by Gasteiger charge is -2.29. The summed E-state index contributed by atoms with van der Waals surface area (Å²) in [5.41, 5.74) is 1.11. The fourth-order valence-corrected chi connectivity index (χ4v) is 2.92. The quantitative estimate of drug-likeness (QED) is 0.888. The maximum Gasteiger partial charge on any atom is 0.250 e. The van der Waals surface area contributed by atoms with Crippen LogP contribution < -0.4 is 10.9 Å². The molecule has 100 valence electrons. The van der Waals surface area contributed by atoms with E-state index < -0.39 is 0 Å². The van der Waals surface area contributed by atoms with Gasteiger partial charge in [-0.2, -0.15) is 0 Å². The number of hydrogen-bond acceptors (Lipinski definition) is 2. The van der Waals surface area contributed by atoms with Gasteiger partial charge in [-0.3, -0.25) is 4.79 Å². The van der Waals surface area contributed by atoms with E-state index in [9.17, 15) is 4.79 Å². The van der Waals surface area contributed by atoms with Gasteiger partial charge in [0.15, 0.2) is 0 Å². The topological polar surface area (TPSA) is 34.0 Å². The summed E-state index contributed by atoms with van der Waals surface area (Å²) in [7, 11) is 1.80. The number of pyridine rings is 1. The van der Waals surface area contributed by atoms with Crippen LogP contribution in [0.4, 0.5) is 5.69 Å². The normalized spacial score (nSPS) is 23.9. The second kappa shape index (κ2) is 6.07. The summed E-state index contributed by atoms with van der Waals surface area (Å²) in [4.78, 5) is 11.3. The Balaban J connectivity index is 1.87. The van der Waals surface area contributed by atoms with Crippen molar-refractivity contribution in [2.24, 2.45) is 13.0 Å². The highest BCUT2D eigenvalue weighted by atomic mass is 16.1.